The van der Waals surface area contributed by atoms with E-state index in [1.54, 1.807) is 30.2 Å². The number of hydrogen-bond acceptors (Lipinski definition) is 4. The Labute approximate surface area is 158 Å². The molecule has 1 atom stereocenters. The number of carbonyl (C=O) groups excluding carboxylic acids is 2. The highest BCUT2D eigenvalue weighted by atomic mass is 16.5. The molecule has 7 nitrogen and oxygen atoms in total. The number of benzene rings is 2. The largest absolute Gasteiger partial charge is 0.493 e. The Bertz CT molecular complexity index is 824. The number of ether oxygens (including phenoxy) is 2. The summed E-state index contributed by atoms with van der Waals surface area (Å²) >= 11 is 0. The molecule has 1 unspecified atom stereocenters. The lowest BCUT2D eigenvalue weighted by atomic mass is 10.2. The van der Waals surface area contributed by atoms with Crippen LogP contribution in [-0.2, 0) is 4.79 Å². The molecule has 2 N–H and O–H groups in total. The van der Waals surface area contributed by atoms with Gasteiger partial charge in [0.1, 0.15) is 0 Å². The van der Waals surface area contributed by atoms with E-state index in [-0.39, 0.29) is 18.0 Å². The molecule has 1 aliphatic heterocycles. The van der Waals surface area contributed by atoms with E-state index in [9.17, 15) is 9.59 Å². The van der Waals surface area contributed by atoms with Crippen LogP contribution in [0.2, 0.25) is 0 Å². The molecular weight excluding hydrogens is 346 g/mol. The van der Waals surface area contributed by atoms with E-state index in [1.807, 2.05) is 30.3 Å². The normalized spacial score (nSPS) is 15.9. The van der Waals surface area contributed by atoms with Crippen molar-refractivity contribution in [1.82, 2.24) is 10.2 Å². The quantitative estimate of drug-likeness (QED) is 0.848. The molecule has 27 heavy (non-hydrogen) atoms. The zero-order chi connectivity index (χ0) is 19.2. The number of hydrogen-bond donors (Lipinski definition) is 2. The van der Waals surface area contributed by atoms with E-state index in [0.717, 1.165) is 6.42 Å². The van der Waals surface area contributed by atoms with E-state index in [0.29, 0.717) is 36.0 Å². The van der Waals surface area contributed by atoms with Gasteiger partial charge in [0.2, 0.25) is 5.91 Å². The molecule has 7 heteroatoms. The third kappa shape index (κ3) is 4.69. The lowest BCUT2D eigenvalue weighted by Crippen LogP contribution is -2.38. The summed E-state index contributed by atoms with van der Waals surface area (Å²) in [4.78, 5) is 25.5. The van der Waals surface area contributed by atoms with Crippen LogP contribution in [0.5, 0.6) is 17.2 Å². The summed E-state index contributed by atoms with van der Waals surface area (Å²) in [5, 5.41) is 5.74. The molecule has 0 bridgehead atoms. The molecular formula is C20H23N3O4. The first kappa shape index (κ1) is 18.6. The highest BCUT2D eigenvalue weighted by Gasteiger charge is 2.27. The molecule has 142 valence electrons. The van der Waals surface area contributed by atoms with E-state index in [2.05, 4.69) is 10.6 Å². The predicted octanol–water partition coefficient (Wildman–Crippen LogP) is 3.23. The van der Waals surface area contributed by atoms with Gasteiger partial charge < -0.3 is 25.0 Å². The van der Waals surface area contributed by atoms with Crippen LogP contribution in [0.25, 0.3) is 0 Å². The molecule has 1 aliphatic rings. The van der Waals surface area contributed by atoms with Gasteiger partial charge in [-0.1, -0.05) is 24.3 Å². The van der Waals surface area contributed by atoms with Crippen LogP contribution in [-0.4, -0.2) is 43.1 Å². The van der Waals surface area contributed by atoms with Crippen molar-refractivity contribution in [3.63, 3.8) is 0 Å². The van der Waals surface area contributed by atoms with E-state index in [4.69, 9.17) is 9.47 Å². The van der Waals surface area contributed by atoms with Gasteiger partial charge in [-0.2, -0.15) is 0 Å². The van der Waals surface area contributed by atoms with Crippen LogP contribution < -0.4 is 20.1 Å². The van der Waals surface area contributed by atoms with Gasteiger partial charge in [-0.3, -0.25) is 4.79 Å². The van der Waals surface area contributed by atoms with Gasteiger partial charge in [0.05, 0.1) is 12.8 Å². The fraction of sp³-hybridized carbons (Fsp3) is 0.300. The Morgan fingerprint density at radius 3 is 2.41 bits per heavy atom. The molecule has 0 saturated carbocycles. The lowest BCUT2D eigenvalue weighted by Gasteiger charge is -2.19. The second-order valence-electron chi connectivity index (χ2n) is 6.31. The topological polar surface area (TPSA) is 79.9 Å². The average Bonchev–Trinajstić information content (AvgIpc) is 3.11. The summed E-state index contributed by atoms with van der Waals surface area (Å²) in [7, 11) is 1.58. The van der Waals surface area contributed by atoms with Crippen LogP contribution >= 0.6 is 0 Å². The SMILES string of the molecule is COc1ccccc1Oc1ccccc1NC(=O)N1CCC(NC(C)=O)C1. The predicted molar refractivity (Wildman–Crippen MR) is 102 cm³/mol. The van der Waals surface area contributed by atoms with Gasteiger partial charge in [0.15, 0.2) is 17.2 Å². The van der Waals surface area contributed by atoms with Crippen LogP contribution in [0.4, 0.5) is 10.5 Å². The fourth-order valence-corrected chi connectivity index (χ4v) is 3.02. The Hall–Kier alpha value is -3.22. The number of rotatable bonds is 5. The van der Waals surface area contributed by atoms with Gasteiger partial charge >= 0.3 is 6.03 Å². The van der Waals surface area contributed by atoms with Gasteiger partial charge in [-0.25, -0.2) is 4.79 Å². The monoisotopic (exact) mass is 369 g/mol. The first-order valence-electron chi connectivity index (χ1n) is 8.79. The van der Waals surface area contributed by atoms with Gasteiger partial charge in [-0.15, -0.1) is 0 Å². The molecule has 3 rings (SSSR count). The molecule has 3 amide bonds. The van der Waals surface area contributed by atoms with Crippen molar-refractivity contribution >= 4 is 17.6 Å². The van der Waals surface area contributed by atoms with E-state index >= 15 is 0 Å². The minimum atomic E-state index is -0.223. The third-order valence-corrected chi connectivity index (χ3v) is 4.30. The van der Waals surface area contributed by atoms with Crippen molar-refractivity contribution in [3.05, 3.63) is 48.5 Å². The molecule has 1 saturated heterocycles. The fourth-order valence-electron chi connectivity index (χ4n) is 3.02. The van der Waals surface area contributed by atoms with Crippen molar-refractivity contribution in [3.8, 4) is 17.2 Å². The van der Waals surface area contributed by atoms with E-state index in [1.165, 1.54) is 6.92 Å². The van der Waals surface area contributed by atoms with Crippen molar-refractivity contribution in [1.29, 1.82) is 0 Å². The molecule has 0 spiro atoms. The number of amides is 3. The number of methoxy groups -OCH3 is 1. The van der Waals surface area contributed by atoms with Crippen molar-refractivity contribution in [2.75, 3.05) is 25.5 Å². The number of carbonyl (C=O) groups is 2. The maximum absolute atomic E-state index is 12.6. The highest BCUT2D eigenvalue weighted by molar-refractivity contribution is 5.91. The second-order valence-corrected chi connectivity index (χ2v) is 6.31. The summed E-state index contributed by atoms with van der Waals surface area (Å²) in [5.41, 5.74) is 0.566. The number of para-hydroxylation sites is 4. The number of nitrogens with zero attached hydrogens (tertiary/aromatic N) is 1. The zero-order valence-electron chi connectivity index (χ0n) is 15.4. The highest BCUT2D eigenvalue weighted by Crippen LogP contribution is 2.34. The first-order chi connectivity index (χ1) is 13.1. The Morgan fingerprint density at radius 1 is 1.04 bits per heavy atom. The smallest absolute Gasteiger partial charge is 0.322 e. The second kappa shape index (κ2) is 8.44. The maximum atomic E-state index is 12.6. The van der Waals surface area contributed by atoms with Crippen LogP contribution in [0.3, 0.4) is 0 Å². The Balaban J connectivity index is 1.69. The third-order valence-electron chi connectivity index (χ3n) is 4.30. The van der Waals surface area contributed by atoms with Crippen LogP contribution in [0.15, 0.2) is 48.5 Å². The number of urea groups is 1. The van der Waals surface area contributed by atoms with E-state index < -0.39 is 0 Å². The zero-order valence-corrected chi connectivity index (χ0v) is 15.4. The minimum absolute atomic E-state index is 0.00618. The lowest BCUT2D eigenvalue weighted by molar-refractivity contribution is -0.119. The molecule has 1 heterocycles. The number of nitrogens with one attached hydrogen (secondary N) is 2. The number of likely N-dealkylation sites (tertiary alicyclic amines) is 1. The standard InChI is InChI=1S/C20H23N3O4/c1-14(24)21-15-11-12-23(13-15)20(25)22-16-7-3-4-8-17(16)27-19-10-6-5-9-18(19)26-2/h3-10,15H,11-13H2,1-2H3,(H,21,24)(H,22,25). The molecule has 1 fully saturated rings. The molecule has 0 radical (unpaired) electrons. The maximum Gasteiger partial charge on any atom is 0.322 e. The number of anilines is 1. The van der Waals surface area contributed by atoms with Gasteiger partial charge in [0.25, 0.3) is 0 Å². The van der Waals surface area contributed by atoms with Gasteiger partial charge in [0, 0.05) is 26.1 Å². The van der Waals surface area contributed by atoms with Crippen LogP contribution in [0.1, 0.15) is 13.3 Å². The summed E-state index contributed by atoms with van der Waals surface area (Å²) in [6, 6.07) is 14.3. The average molecular weight is 369 g/mol. The van der Waals surface area contributed by atoms with Crippen LogP contribution in [0, 0.1) is 0 Å². The minimum Gasteiger partial charge on any atom is -0.493 e. The summed E-state index contributed by atoms with van der Waals surface area (Å²) < 4.78 is 11.3. The van der Waals surface area contributed by atoms with Crippen molar-refractivity contribution < 1.29 is 19.1 Å². The Kier molecular flexibility index (Phi) is 5.80. The molecule has 0 aromatic heterocycles. The summed E-state index contributed by atoms with van der Waals surface area (Å²) in [6.07, 6.45) is 0.742. The summed E-state index contributed by atoms with van der Waals surface area (Å²) in [6.45, 7) is 2.56. The Morgan fingerprint density at radius 2 is 1.70 bits per heavy atom. The first-order valence-corrected chi connectivity index (χ1v) is 8.79. The van der Waals surface area contributed by atoms with Gasteiger partial charge in [-0.05, 0) is 30.7 Å². The van der Waals surface area contributed by atoms with Crippen molar-refractivity contribution in [2.45, 2.75) is 19.4 Å². The molecule has 0 aliphatic carbocycles. The molecule has 2 aromatic carbocycles. The summed E-state index contributed by atoms with van der Waals surface area (Å²) in [5.74, 6) is 1.61. The van der Waals surface area contributed by atoms with Crippen molar-refractivity contribution in [2.24, 2.45) is 0 Å². The molecule has 2 aromatic rings.